The Balaban J connectivity index is 1.94. The van der Waals surface area contributed by atoms with E-state index < -0.39 is 0 Å². The zero-order valence-corrected chi connectivity index (χ0v) is 12.7. The Morgan fingerprint density at radius 3 is 2.77 bits per heavy atom. The molecule has 1 aromatic heterocycles. The second-order valence-electron chi connectivity index (χ2n) is 6.00. The summed E-state index contributed by atoms with van der Waals surface area (Å²) >= 11 is 0. The van der Waals surface area contributed by atoms with Crippen LogP contribution < -0.4 is 11.3 Å². The standard InChI is InChI=1S/C17H21N3O2/c1-2-5-11-9-20(10-15(11)18)17(22)14-8-19-16(21)13-7-4-3-6-12(13)14/h3-4,6-8,11,15H,2,5,9-10,18H2,1H3,(H,19,21)/t11-,15-/m0/s1. The number of aromatic amines is 1. The molecule has 5 heteroatoms. The molecular formula is C17H21N3O2. The van der Waals surface area contributed by atoms with Gasteiger partial charge in [0.15, 0.2) is 0 Å². The van der Waals surface area contributed by atoms with Crippen LogP contribution in [0, 0.1) is 5.92 Å². The molecule has 1 amide bonds. The van der Waals surface area contributed by atoms with Crippen molar-refractivity contribution in [2.75, 3.05) is 13.1 Å². The normalized spacial score (nSPS) is 21.5. The molecule has 0 saturated carbocycles. The first kappa shape index (κ1) is 14.8. The maximum Gasteiger partial charge on any atom is 0.256 e. The van der Waals surface area contributed by atoms with Crippen molar-refractivity contribution in [3.8, 4) is 0 Å². The topological polar surface area (TPSA) is 79.2 Å². The van der Waals surface area contributed by atoms with Gasteiger partial charge in [-0.1, -0.05) is 31.5 Å². The zero-order chi connectivity index (χ0) is 15.7. The fraction of sp³-hybridized carbons (Fsp3) is 0.412. The van der Waals surface area contributed by atoms with Gasteiger partial charge in [-0.15, -0.1) is 0 Å². The highest BCUT2D eigenvalue weighted by Gasteiger charge is 2.33. The van der Waals surface area contributed by atoms with E-state index in [1.54, 1.807) is 12.1 Å². The summed E-state index contributed by atoms with van der Waals surface area (Å²) in [5.74, 6) is 0.310. The molecule has 3 N–H and O–H groups in total. The van der Waals surface area contributed by atoms with E-state index in [0.29, 0.717) is 35.3 Å². The molecule has 22 heavy (non-hydrogen) atoms. The SMILES string of the molecule is CCC[C@H]1CN(C(=O)c2c[nH]c(=O)c3ccccc23)C[C@@H]1N. The molecule has 0 radical (unpaired) electrons. The summed E-state index contributed by atoms with van der Waals surface area (Å²) in [5, 5.41) is 1.24. The molecule has 5 nitrogen and oxygen atoms in total. The number of rotatable bonds is 3. The predicted molar refractivity (Wildman–Crippen MR) is 86.8 cm³/mol. The minimum atomic E-state index is -0.172. The lowest BCUT2D eigenvalue weighted by Gasteiger charge is -2.17. The number of pyridine rings is 1. The van der Waals surface area contributed by atoms with Crippen LogP contribution in [-0.4, -0.2) is 34.9 Å². The molecular weight excluding hydrogens is 278 g/mol. The fourth-order valence-electron chi connectivity index (χ4n) is 3.30. The third-order valence-corrected chi connectivity index (χ3v) is 4.48. The molecule has 2 aromatic rings. The van der Waals surface area contributed by atoms with E-state index >= 15 is 0 Å². The number of H-pyrrole nitrogens is 1. The molecule has 0 spiro atoms. The monoisotopic (exact) mass is 299 g/mol. The first-order valence-corrected chi connectivity index (χ1v) is 7.77. The summed E-state index contributed by atoms with van der Waals surface area (Å²) in [4.78, 5) is 29.2. The molecule has 1 saturated heterocycles. The van der Waals surface area contributed by atoms with Crippen molar-refractivity contribution in [3.63, 3.8) is 0 Å². The lowest BCUT2D eigenvalue weighted by atomic mass is 9.99. The van der Waals surface area contributed by atoms with Gasteiger partial charge in [0.05, 0.1) is 5.56 Å². The van der Waals surface area contributed by atoms with Crippen molar-refractivity contribution >= 4 is 16.7 Å². The van der Waals surface area contributed by atoms with Gasteiger partial charge in [0.25, 0.3) is 11.5 Å². The van der Waals surface area contributed by atoms with Crippen molar-refractivity contribution < 1.29 is 4.79 Å². The Hall–Kier alpha value is -2.14. The molecule has 3 rings (SSSR count). The second-order valence-corrected chi connectivity index (χ2v) is 6.00. The van der Waals surface area contributed by atoms with Gasteiger partial charge in [-0.25, -0.2) is 0 Å². The van der Waals surface area contributed by atoms with E-state index in [-0.39, 0.29) is 17.5 Å². The van der Waals surface area contributed by atoms with E-state index in [1.165, 1.54) is 6.20 Å². The number of carbonyl (C=O) groups excluding carboxylic acids is 1. The van der Waals surface area contributed by atoms with Crippen molar-refractivity contribution in [2.24, 2.45) is 11.7 Å². The molecule has 0 aliphatic carbocycles. The van der Waals surface area contributed by atoms with Crippen LogP contribution in [0.5, 0.6) is 0 Å². The van der Waals surface area contributed by atoms with Crippen molar-refractivity contribution in [2.45, 2.75) is 25.8 Å². The van der Waals surface area contributed by atoms with Crippen molar-refractivity contribution in [1.82, 2.24) is 9.88 Å². The Bertz CT molecular complexity index is 753. The van der Waals surface area contributed by atoms with Gasteiger partial charge in [0, 0.05) is 36.1 Å². The van der Waals surface area contributed by atoms with E-state index in [2.05, 4.69) is 11.9 Å². The molecule has 2 atom stereocenters. The minimum absolute atomic E-state index is 0.0397. The number of benzene rings is 1. The van der Waals surface area contributed by atoms with Crippen LogP contribution in [0.25, 0.3) is 10.8 Å². The number of nitrogens with zero attached hydrogens (tertiary/aromatic N) is 1. The van der Waals surface area contributed by atoms with Gasteiger partial charge < -0.3 is 15.6 Å². The molecule has 1 aromatic carbocycles. The summed E-state index contributed by atoms with van der Waals surface area (Å²) in [6, 6.07) is 7.24. The lowest BCUT2D eigenvalue weighted by Crippen LogP contribution is -2.32. The number of likely N-dealkylation sites (tertiary alicyclic amines) is 1. The second kappa shape index (κ2) is 5.93. The predicted octanol–water partition coefficient (Wildman–Crippen LogP) is 1.73. The van der Waals surface area contributed by atoms with E-state index in [1.807, 2.05) is 17.0 Å². The summed E-state index contributed by atoms with van der Waals surface area (Å²) in [6.45, 7) is 3.41. The third-order valence-electron chi connectivity index (χ3n) is 4.48. The summed E-state index contributed by atoms with van der Waals surface area (Å²) in [5.41, 5.74) is 6.53. The maximum atomic E-state index is 12.8. The number of amides is 1. The average Bonchev–Trinajstić information content (AvgIpc) is 2.89. The van der Waals surface area contributed by atoms with Crippen LogP contribution in [0.1, 0.15) is 30.1 Å². The fourth-order valence-corrected chi connectivity index (χ4v) is 3.30. The Morgan fingerprint density at radius 1 is 1.32 bits per heavy atom. The minimum Gasteiger partial charge on any atom is -0.337 e. The summed E-state index contributed by atoms with van der Waals surface area (Å²) < 4.78 is 0. The molecule has 1 aliphatic rings. The number of fused-ring (bicyclic) bond motifs is 1. The molecule has 0 bridgehead atoms. The lowest BCUT2D eigenvalue weighted by molar-refractivity contribution is 0.0787. The molecule has 1 aliphatic heterocycles. The maximum absolute atomic E-state index is 12.8. The summed E-state index contributed by atoms with van der Waals surface area (Å²) in [7, 11) is 0. The number of aromatic nitrogens is 1. The van der Waals surface area contributed by atoms with Gasteiger partial charge in [0.1, 0.15) is 0 Å². The van der Waals surface area contributed by atoms with E-state index in [9.17, 15) is 9.59 Å². The number of hydrogen-bond donors (Lipinski definition) is 2. The Kier molecular flexibility index (Phi) is 3.98. The van der Waals surface area contributed by atoms with Crippen LogP contribution in [-0.2, 0) is 0 Å². The van der Waals surface area contributed by atoms with Crippen LogP contribution in [0.4, 0.5) is 0 Å². The van der Waals surface area contributed by atoms with Crippen molar-refractivity contribution in [3.05, 3.63) is 46.4 Å². The van der Waals surface area contributed by atoms with Gasteiger partial charge in [0.2, 0.25) is 0 Å². The van der Waals surface area contributed by atoms with E-state index in [4.69, 9.17) is 5.73 Å². The average molecular weight is 299 g/mol. The smallest absolute Gasteiger partial charge is 0.256 e. The first-order valence-electron chi connectivity index (χ1n) is 7.77. The third kappa shape index (κ3) is 2.52. The van der Waals surface area contributed by atoms with Crippen LogP contribution in [0.3, 0.4) is 0 Å². The van der Waals surface area contributed by atoms with Gasteiger partial charge in [-0.05, 0) is 18.4 Å². The number of hydrogen-bond acceptors (Lipinski definition) is 3. The van der Waals surface area contributed by atoms with Crippen LogP contribution >= 0.6 is 0 Å². The number of nitrogens with two attached hydrogens (primary N) is 1. The Morgan fingerprint density at radius 2 is 2.05 bits per heavy atom. The Labute approximate surface area is 129 Å². The molecule has 2 heterocycles. The quantitative estimate of drug-likeness (QED) is 0.906. The van der Waals surface area contributed by atoms with Crippen LogP contribution in [0.15, 0.2) is 35.3 Å². The number of carbonyl (C=O) groups is 1. The van der Waals surface area contributed by atoms with E-state index in [0.717, 1.165) is 12.8 Å². The largest absolute Gasteiger partial charge is 0.337 e. The van der Waals surface area contributed by atoms with Gasteiger partial charge in [-0.3, -0.25) is 9.59 Å². The van der Waals surface area contributed by atoms with Crippen molar-refractivity contribution in [1.29, 1.82) is 0 Å². The highest BCUT2D eigenvalue weighted by molar-refractivity contribution is 6.06. The van der Waals surface area contributed by atoms with Gasteiger partial charge in [-0.2, -0.15) is 0 Å². The molecule has 0 unspecified atom stereocenters. The first-order chi connectivity index (χ1) is 10.6. The summed E-state index contributed by atoms with van der Waals surface area (Å²) in [6.07, 6.45) is 3.63. The van der Waals surface area contributed by atoms with Gasteiger partial charge >= 0.3 is 0 Å². The zero-order valence-electron chi connectivity index (χ0n) is 12.7. The molecule has 116 valence electrons. The highest BCUT2D eigenvalue weighted by atomic mass is 16.2. The van der Waals surface area contributed by atoms with Crippen LogP contribution in [0.2, 0.25) is 0 Å². The number of nitrogens with one attached hydrogen (secondary N) is 1. The highest BCUT2D eigenvalue weighted by Crippen LogP contribution is 2.24. The molecule has 1 fully saturated rings.